The SMILES string of the molecule is Cc1ncsc1-c1ccc(CNC(=O)[C@@H]2C[C@@H](O)CN2C(=O)[C@@H](NC(=O)COCCOCCCCCOc2cc(F)c([C@@H]3C4=C(C[C@@H](C)N3CC(F)(F)F)c3ccccc3C4)c(F)c2)C(C)(C)C)cc1. The molecule has 12 nitrogen and oxygen atoms in total. The summed E-state index contributed by atoms with van der Waals surface area (Å²) in [6.45, 7) is 8.36. The maximum Gasteiger partial charge on any atom is 0.401 e. The molecule has 1 aliphatic carbocycles. The van der Waals surface area contributed by atoms with Crippen molar-refractivity contribution < 1.29 is 55.7 Å². The number of alkyl halides is 3. The maximum absolute atomic E-state index is 15.9. The number of hydrogen-bond acceptors (Lipinski definition) is 10. The zero-order chi connectivity index (χ0) is 50.3. The molecule has 1 saturated heterocycles. The van der Waals surface area contributed by atoms with E-state index >= 15 is 8.78 Å². The minimum Gasteiger partial charge on any atom is -0.493 e. The Labute approximate surface area is 409 Å². The van der Waals surface area contributed by atoms with E-state index < -0.39 is 83.3 Å². The normalized spacial score (nSPS) is 19.8. The standard InChI is InChI=1S/C52H62F5N5O7S/c1-31-21-39-38-12-8-7-11-35(38)22-40(39)46(62(31)29-52(55,56)57)45-41(53)24-37(25-42(45)54)69-18-10-6-9-17-67-19-20-68-28-44(64)60-48(51(3,4)5)50(66)61-27-36(63)23-43(61)49(65)58-26-33-13-15-34(16-14-33)47-32(2)59-30-70-47/h7-8,11-16,24-25,30-31,36,43,46,48,63H,6,9-10,17-23,26-29H2,1-5H3,(H,58,65)(H,60,64)/t31-,36-,43+,46+,48-/m1/s1. The Hall–Kier alpha value is -5.27. The van der Waals surface area contributed by atoms with Gasteiger partial charge in [0.2, 0.25) is 17.7 Å². The number of fused-ring (bicyclic) bond motifs is 2. The van der Waals surface area contributed by atoms with Crippen LogP contribution in [-0.4, -0.2) is 114 Å². The predicted octanol–water partition coefficient (Wildman–Crippen LogP) is 8.50. The third-order valence-electron chi connectivity index (χ3n) is 13.0. The van der Waals surface area contributed by atoms with E-state index in [1.54, 1.807) is 44.5 Å². The van der Waals surface area contributed by atoms with Crippen molar-refractivity contribution in [2.75, 3.05) is 46.1 Å². The summed E-state index contributed by atoms with van der Waals surface area (Å²) >= 11 is 1.55. The van der Waals surface area contributed by atoms with E-state index in [1.807, 2.05) is 55.5 Å². The molecule has 5 atom stereocenters. The highest BCUT2D eigenvalue weighted by Crippen LogP contribution is 2.50. The Morgan fingerprint density at radius 3 is 2.33 bits per heavy atom. The Balaban J connectivity index is 0.804. The second-order valence-corrected chi connectivity index (χ2v) is 20.3. The number of hydrogen-bond donors (Lipinski definition) is 3. The molecule has 1 fully saturated rings. The van der Waals surface area contributed by atoms with Gasteiger partial charge in [-0.2, -0.15) is 13.2 Å². The molecule has 2 aliphatic heterocycles. The van der Waals surface area contributed by atoms with E-state index in [4.69, 9.17) is 14.2 Å². The lowest BCUT2D eigenvalue weighted by Crippen LogP contribution is -2.58. The van der Waals surface area contributed by atoms with Crippen molar-refractivity contribution in [3.63, 3.8) is 0 Å². The molecule has 3 aromatic carbocycles. The minimum atomic E-state index is -4.57. The van der Waals surface area contributed by atoms with E-state index in [0.29, 0.717) is 44.3 Å². The van der Waals surface area contributed by atoms with E-state index in [9.17, 15) is 32.7 Å². The smallest absolute Gasteiger partial charge is 0.401 e. The highest BCUT2D eigenvalue weighted by Gasteiger charge is 2.46. The molecular weight excluding hydrogens is 934 g/mol. The first-order valence-corrected chi connectivity index (χ1v) is 24.6. The van der Waals surface area contributed by atoms with Gasteiger partial charge < -0.3 is 34.9 Å². The molecule has 3 aliphatic rings. The fourth-order valence-electron chi connectivity index (χ4n) is 9.56. The number of ether oxygens (including phenoxy) is 3. The Morgan fingerprint density at radius 2 is 1.64 bits per heavy atom. The average molecular weight is 996 g/mol. The molecule has 378 valence electrons. The molecule has 0 bridgehead atoms. The molecule has 0 saturated carbocycles. The van der Waals surface area contributed by atoms with Crippen LogP contribution in [0.1, 0.15) is 93.8 Å². The molecule has 1 aromatic heterocycles. The van der Waals surface area contributed by atoms with E-state index in [-0.39, 0.29) is 51.7 Å². The highest BCUT2D eigenvalue weighted by atomic mass is 32.1. The lowest BCUT2D eigenvalue weighted by Gasteiger charge is -2.42. The number of halogens is 5. The summed E-state index contributed by atoms with van der Waals surface area (Å²) in [4.78, 5) is 48.2. The zero-order valence-electron chi connectivity index (χ0n) is 40.2. The first-order valence-electron chi connectivity index (χ1n) is 23.7. The molecule has 3 N–H and O–H groups in total. The Kier molecular flexibility index (Phi) is 17.2. The van der Waals surface area contributed by atoms with Crippen LogP contribution in [0.2, 0.25) is 0 Å². The van der Waals surface area contributed by atoms with Crippen molar-refractivity contribution in [3.05, 3.63) is 111 Å². The van der Waals surface area contributed by atoms with E-state index in [1.165, 1.54) is 4.90 Å². The third-order valence-corrected chi connectivity index (χ3v) is 14.0. The second kappa shape index (κ2) is 22.9. The number of nitrogens with one attached hydrogen (secondary N) is 2. The van der Waals surface area contributed by atoms with E-state index in [2.05, 4.69) is 15.6 Å². The van der Waals surface area contributed by atoms with Gasteiger partial charge in [-0.15, -0.1) is 11.3 Å². The number of aliphatic hydroxyl groups is 1. The average Bonchev–Trinajstić information content (AvgIpc) is 4.02. The first kappa shape index (κ1) is 52.6. The molecule has 0 radical (unpaired) electrons. The predicted molar refractivity (Wildman–Crippen MR) is 256 cm³/mol. The summed E-state index contributed by atoms with van der Waals surface area (Å²) in [6, 6.07) is 13.6. The van der Waals surface area contributed by atoms with Crippen molar-refractivity contribution in [2.24, 2.45) is 5.41 Å². The fraction of sp³-hybridized carbons (Fsp3) is 0.500. The van der Waals surface area contributed by atoms with Crippen LogP contribution in [0, 0.1) is 24.0 Å². The van der Waals surface area contributed by atoms with E-state index in [0.717, 1.165) is 55.4 Å². The third kappa shape index (κ3) is 13.0. The van der Waals surface area contributed by atoms with Gasteiger partial charge in [0.15, 0.2) is 0 Å². The number of rotatable bonds is 20. The fourth-order valence-corrected chi connectivity index (χ4v) is 10.4. The number of unbranched alkanes of at least 4 members (excludes halogenated alkanes) is 2. The number of nitrogens with zero attached hydrogens (tertiary/aromatic N) is 3. The summed E-state index contributed by atoms with van der Waals surface area (Å²) in [5.74, 6) is -3.39. The zero-order valence-corrected chi connectivity index (χ0v) is 41.0. The summed E-state index contributed by atoms with van der Waals surface area (Å²) in [5.41, 5.74) is 6.76. The van der Waals surface area contributed by atoms with Gasteiger partial charge >= 0.3 is 6.18 Å². The number of likely N-dealkylation sites (tertiary alicyclic amines) is 1. The quantitative estimate of drug-likeness (QED) is 0.0587. The van der Waals surface area contributed by atoms with Crippen LogP contribution in [0.4, 0.5) is 22.0 Å². The number of amides is 3. The van der Waals surface area contributed by atoms with Gasteiger partial charge in [0, 0.05) is 49.9 Å². The largest absolute Gasteiger partial charge is 0.493 e. The van der Waals surface area contributed by atoms with Gasteiger partial charge in [-0.05, 0) is 84.8 Å². The number of carbonyl (C=O) groups excluding carboxylic acids is 3. The van der Waals surface area contributed by atoms with Crippen molar-refractivity contribution in [3.8, 4) is 16.2 Å². The molecule has 4 aromatic rings. The van der Waals surface area contributed by atoms with Crippen molar-refractivity contribution in [1.82, 2.24) is 25.4 Å². The summed E-state index contributed by atoms with van der Waals surface area (Å²) in [5, 5.41) is 16.2. The number of carbonyl (C=O) groups is 3. The number of aromatic nitrogens is 1. The van der Waals surface area contributed by atoms with Gasteiger partial charge in [0.25, 0.3) is 0 Å². The van der Waals surface area contributed by atoms with Gasteiger partial charge in [-0.25, -0.2) is 13.8 Å². The number of β-amino-alcohol motifs (C(OH)–C–C–N with tert-alkyl or cyclic N) is 1. The highest BCUT2D eigenvalue weighted by molar-refractivity contribution is 7.13. The van der Waals surface area contributed by atoms with Crippen LogP contribution < -0.4 is 15.4 Å². The molecule has 3 heterocycles. The minimum absolute atomic E-state index is 0.0505. The second-order valence-electron chi connectivity index (χ2n) is 19.4. The maximum atomic E-state index is 15.9. The topological polar surface area (TPSA) is 143 Å². The van der Waals surface area contributed by atoms with Crippen molar-refractivity contribution >= 4 is 34.6 Å². The monoisotopic (exact) mass is 995 g/mol. The number of thiazole rings is 1. The van der Waals surface area contributed by atoms with Gasteiger partial charge in [0.05, 0.1) is 54.6 Å². The van der Waals surface area contributed by atoms with Crippen molar-refractivity contribution in [1.29, 1.82) is 0 Å². The van der Waals surface area contributed by atoms with Crippen LogP contribution in [0.3, 0.4) is 0 Å². The molecule has 18 heteroatoms. The number of aryl methyl sites for hydroxylation is 1. The summed E-state index contributed by atoms with van der Waals surface area (Å²) in [7, 11) is 0. The van der Waals surface area contributed by atoms with Gasteiger partial charge in [-0.3, -0.25) is 19.3 Å². The number of benzene rings is 3. The molecule has 7 rings (SSSR count). The molecule has 70 heavy (non-hydrogen) atoms. The lowest BCUT2D eigenvalue weighted by atomic mass is 9.84. The molecule has 0 spiro atoms. The molecule has 3 amide bonds. The molecular formula is C52H62F5N5O7S. The summed E-state index contributed by atoms with van der Waals surface area (Å²) < 4.78 is 90.1. The summed E-state index contributed by atoms with van der Waals surface area (Å²) in [6.07, 6.45) is -2.91. The van der Waals surface area contributed by atoms with Crippen LogP contribution in [-0.2, 0) is 36.8 Å². The van der Waals surface area contributed by atoms with Gasteiger partial charge in [-0.1, -0.05) is 69.3 Å². The first-order chi connectivity index (χ1) is 33.3. The Morgan fingerprint density at radius 1 is 0.943 bits per heavy atom. The molecule has 0 unspecified atom stereocenters. The van der Waals surface area contributed by atoms with Gasteiger partial charge in [0.1, 0.15) is 36.1 Å². The lowest BCUT2D eigenvalue weighted by molar-refractivity contribution is -0.155. The van der Waals surface area contributed by atoms with Crippen LogP contribution in [0.5, 0.6) is 5.75 Å². The van der Waals surface area contributed by atoms with Crippen LogP contribution >= 0.6 is 11.3 Å². The Bertz CT molecular complexity index is 2490. The number of aliphatic hydroxyl groups excluding tert-OH is 1. The van der Waals surface area contributed by atoms with Crippen molar-refractivity contribution in [2.45, 2.75) is 116 Å². The van der Waals surface area contributed by atoms with Crippen LogP contribution in [0.15, 0.2) is 71.7 Å². The van der Waals surface area contributed by atoms with Crippen LogP contribution in [0.25, 0.3) is 16.0 Å².